The number of likely N-dealkylation sites (tertiary alicyclic amines) is 1. The van der Waals surface area contributed by atoms with E-state index in [1.54, 1.807) is 0 Å². The Hall–Kier alpha value is -1.55. The maximum absolute atomic E-state index is 12.7. The second kappa shape index (κ2) is 8.02. The number of hydrogen-bond donors (Lipinski definition) is 0. The zero-order valence-electron chi connectivity index (χ0n) is 14.7. The minimum Gasteiger partial charge on any atom is -0.494 e. The standard InChI is InChI=1S/C20H29NO3/c1-2-23-19(22)20(13-15-24-18-10-4-3-5-11-18)12-7-14-21(16-20)17-8-6-9-17/h3-5,10-11,17H,2,6-9,12-16H2,1H3/t20-/m0/s1. The third kappa shape index (κ3) is 3.92. The molecule has 1 aliphatic heterocycles. The fourth-order valence-electron chi connectivity index (χ4n) is 3.87. The first-order valence-corrected chi connectivity index (χ1v) is 9.33. The summed E-state index contributed by atoms with van der Waals surface area (Å²) in [7, 11) is 0. The molecule has 1 aliphatic carbocycles. The predicted octanol–water partition coefficient (Wildman–Crippen LogP) is 3.65. The number of nitrogens with zero attached hydrogens (tertiary/aromatic N) is 1. The fourth-order valence-corrected chi connectivity index (χ4v) is 3.87. The van der Waals surface area contributed by atoms with Crippen LogP contribution in [0.1, 0.15) is 45.4 Å². The van der Waals surface area contributed by atoms with Gasteiger partial charge in [-0.15, -0.1) is 0 Å². The summed E-state index contributed by atoms with van der Waals surface area (Å²) in [6.45, 7) is 4.84. The third-order valence-corrected chi connectivity index (χ3v) is 5.50. The van der Waals surface area contributed by atoms with E-state index < -0.39 is 5.41 Å². The topological polar surface area (TPSA) is 38.8 Å². The first kappa shape index (κ1) is 17.3. The maximum Gasteiger partial charge on any atom is 0.313 e. The van der Waals surface area contributed by atoms with Crippen LogP contribution in [-0.4, -0.2) is 43.2 Å². The molecule has 0 amide bonds. The van der Waals surface area contributed by atoms with Gasteiger partial charge in [0.15, 0.2) is 0 Å². The van der Waals surface area contributed by atoms with E-state index in [0.29, 0.717) is 19.3 Å². The Balaban J connectivity index is 1.64. The molecule has 24 heavy (non-hydrogen) atoms. The molecule has 1 aromatic rings. The molecule has 0 radical (unpaired) electrons. The molecule has 1 saturated carbocycles. The lowest BCUT2D eigenvalue weighted by molar-refractivity contribution is -0.161. The highest BCUT2D eigenvalue weighted by molar-refractivity contribution is 5.77. The maximum atomic E-state index is 12.7. The Kier molecular flexibility index (Phi) is 5.77. The van der Waals surface area contributed by atoms with Crippen LogP contribution in [0.25, 0.3) is 0 Å². The molecule has 2 aliphatic rings. The van der Waals surface area contributed by atoms with Crippen molar-refractivity contribution in [2.75, 3.05) is 26.3 Å². The van der Waals surface area contributed by atoms with E-state index in [-0.39, 0.29) is 5.97 Å². The van der Waals surface area contributed by atoms with Gasteiger partial charge in [-0.3, -0.25) is 9.69 Å². The summed E-state index contributed by atoms with van der Waals surface area (Å²) in [6.07, 6.45) is 6.58. The van der Waals surface area contributed by atoms with E-state index in [9.17, 15) is 4.79 Å². The highest BCUT2D eigenvalue weighted by atomic mass is 16.5. The van der Waals surface area contributed by atoms with E-state index >= 15 is 0 Å². The van der Waals surface area contributed by atoms with Gasteiger partial charge in [0.2, 0.25) is 0 Å². The van der Waals surface area contributed by atoms with Crippen molar-refractivity contribution in [3.63, 3.8) is 0 Å². The van der Waals surface area contributed by atoms with E-state index in [0.717, 1.165) is 38.1 Å². The van der Waals surface area contributed by atoms with Gasteiger partial charge >= 0.3 is 5.97 Å². The molecule has 0 unspecified atom stereocenters. The number of benzene rings is 1. The van der Waals surface area contributed by atoms with Crippen molar-refractivity contribution in [1.29, 1.82) is 0 Å². The first-order valence-electron chi connectivity index (χ1n) is 9.33. The Labute approximate surface area is 145 Å². The highest BCUT2D eigenvalue weighted by Gasteiger charge is 2.45. The average molecular weight is 331 g/mol. The van der Waals surface area contributed by atoms with Gasteiger partial charge < -0.3 is 9.47 Å². The third-order valence-electron chi connectivity index (χ3n) is 5.50. The number of ether oxygens (including phenoxy) is 2. The van der Waals surface area contributed by atoms with Crippen LogP contribution in [0.2, 0.25) is 0 Å². The van der Waals surface area contributed by atoms with Gasteiger partial charge in [-0.25, -0.2) is 0 Å². The fraction of sp³-hybridized carbons (Fsp3) is 0.650. The largest absolute Gasteiger partial charge is 0.494 e. The molecule has 3 rings (SSSR count). The van der Waals surface area contributed by atoms with E-state index in [1.807, 2.05) is 37.3 Å². The number of carbonyl (C=O) groups excluding carboxylic acids is 1. The van der Waals surface area contributed by atoms with Crippen molar-refractivity contribution in [2.24, 2.45) is 5.41 Å². The van der Waals surface area contributed by atoms with Crippen LogP contribution in [0, 0.1) is 5.41 Å². The summed E-state index contributed by atoms with van der Waals surface area (Å²) in [6, 6.07) is 10.5. The Morgan fingerprint density at radius 2 is 2.04 bits per heavy atom. The van der Waals surface area contributed by atoms with Crippen LogP contribution in [0.3, 0.4) is 0 Å². The number of para-hydroxylation sites is 1. The lowest BCUT2D eigenvalue weighted by Crippen LogP contribution is -2.54. The summed E-state index contributed by atoms with van der Waals surface area (Å²) >= 11 is 0. The van der Waals surface area contributed by atoms with Crippen LogP contribution in [0.4, 0.5) is 0 Å². The molecule has 2 fully saturated rings. The van der Waals surface area contributed by atoms with Gasteiger partial charge in [-0.2, -0.15) is 0 Å². The van der Waals surface area contributed by atoms with Crippen LogP contribution >= 0.6 is 0 Å². The van der Waals surface area contributed by atoms with E-state index in [1.165, 1.54) is 19.3 Å². The van der Waals surface area contributed by atoms with Gasteiger partial charge in [0.25, 0.3) is 0 Å². The molecule has 4 nitrogen and oxygen atoms in total. The summed E-state index contributed by atoms with van der Waals surface area (Å²) in [5, 5.41) is 0. The Morgan fingerprint density at radius 3 is 2.71 bits per heavy atom. The highest BCUT2D eigenvalue weighted by Crippen LogP contribution is 2.38. The lowest BCUT2D eigenvalue weighted by atomic mass is 9.75. The molecule has 0 bridgehead atoms. The summed E-state index contributed by atoms with van der Waals surface area (Å²) in [4.78, 5) is 15.3. The summed E-state index contributed by atoms with van der Waals surface area (Å²) in [5.41, 5.74) is -0.404. The molecule has 1 heterocycles. The molecule has 0 spiro atoms. The molecular formula is C20H29NO3. The molecule has 1 atom stereocenters. The summed E-state index contributed by atoms with van der Waals surface area (Å²) in [5.74, 6) is 0.828. The Bertz CT molecular complexity index is 529. The zero-order chi connectivity index (χ0) is 16.8. The quantitative estimate of drug-likeness (QED) is 0.715. The van der Waals surface area contributed by atoms with Crippen LogP contribution in [0.5, 0.6) is 5.75 Å². The number of carbonyl (C=O) groups is 1. The van der Waals surface area contributed by atoms with E-state index in [2.05, 4.69) is 4.90 Å². The number of esters is 1. The lowest BCUT2D eigenvalue weighted by Gasteiger charge is -2.46. The predicted molar refractivity (Wildman–Crippen MR) is 94.1 cm³/mol. The smallest absolute Gasteiger partial charge is 0.313 e. The van der Waals surface area contributed by atoms with Gasteiger partial charge in [0, 0.05) is 12.6 Å². The second-order valence-corrected chi connectivity index (χ2v) is 7.07. The van der Waals surface area contributed by atoms with Crippen molar-refractivity contribution in [3.8, 4) is 5.75 Å². The SMILES string of the molecule is CCOC(=O)[C@]1(CCOc2ccccc2)CCCN(C2CCC2)C1. The van der Waals surface area contributed by atoms with Crippen LogP contribution in [-0.2, 0) is 9.53 Å². The molecule has 132 valence electrons. The van der Waals surface area contributed by atoms with Gasteiger partial charge in [-0.1, -0.05) is 24.6 Å². The Morgan fingerprint density at radius 1 is 1.25 bits per heavy atom. The molecular weight excluding hydrogens is 302 g/mol. The van der Waals surface area contributed by atoms with E-state index in [4.69, 9.17) is 9.47 Å². The first-order chi connectivity index (χ1) is 11.7. The van der Waals surface area contributed by atoms with Crippen molar-refractivity contribution in [3.05, 3.63) is 30.3 Å². The minimum atomic E-state index is -0.404. The van der Waals surface area contributed by atoms with Crippen LogP contribution in [0.15, 0.2) is 30.3 Å². The zero-order valence-corrected chi connectivity index (χ0v) is 14.7. The molecule has 1 saturated heterocycles. The van der Waals surface area contributed by atoms with Gasteiger partial charge in [0.1, 0.15) is 5.75 Å². The monoisotopic (exact) mass is 331 g/mol. The number of piperidine rings is 1. The van der Waals surface area contributed by atoms with Crippen molar-refractivity contribution < 1.29 is 14.3 Å². The number of rotatable bonds is 7. The van der Waals surface area contributed by atoms with Crippen molar-refractivity contribution in [2.45, 2.75) is 51.5 Å². The molecule has 1 aromatic carbocycles. The normalized spacial score (nSPS) is 25.0. The molecule has 0 N–H and O–H groups in total. The summed E-state index contributed by atoms with van der Waals surface area (Å²) < 4.78 is 11.3. The minimum absolute atomic E-state index is 0.0364. The average Bonchev–Trinajstić information content (AvgIpc) is 2.55. The molecule has 4 heteroatoms. The second-order valence-electron chi connectivity index (χ2n) is 7.07. The van der Waals surface area contributed by atoms with Crippen molar-refractivity contribution >= 4 is 5.97 Å². The number of hydrogen-bond acceptors (Lipinski definition) is 4. The van der Waals surface area contributed by atoms with Crippen molar-refractivity contribution in [1.82, 2.24) is 4.90 Å². The molecule has 0 aromatic heterocycles. The van der Waals surface area contributed by atoms with Gasteiger partial charge in [-0.05, 0) is 57.7 Å². The van der Waals surface area contributed by atoms with Gasteiger partial charge in [0.05, 0.1) is 18.6 Å². The van der Waals surface area contributed by atoms with Crippen LogP contribution < -0.4 is 4.74 Å².